The zero-order valence-electron chi connectivity index (χ0n) is 10.5. The monoisotopic (exact) mass is 260 g/mol. The fourth-order valence-corrected chi connectivity index (χ4v) is 3.37. The molecule has 1 N–H and O–H groups in total. The standard InChI is InChI=1S/C14H16N2OS/c1-9-7-8-18-12(9)13-15-11-6-4-2-3-5-10(11)14(17)16-13/h7-8H,2-6H2,1H3,(H,15,16,17). The van der Waals surface area contributed by atoms with Crippen molar-refractivity contribution >= 4 is 11.3 Å². The van der Waals surface area contributed by atoms with Gasteiger partial charge in [0, 0.05) is 5.56 Å². The molecule has 0 aliphatic heterocycles. The molecule has 1 aliphatic carbocycles. The van der Waals surface area contributed by atoms with Gasteiger partial charge >= 0.3 is 0 Å². The Bertz CT molecular complexity index is 627. The molecule has 0 bridgehead atoms. The quantitative estimate of drug-likeness (QED) is 0.801. The topological polar surface area (TPSA) is 45.8 Å². The Morgan fingerprint density at radius 2 is 2.11 bits per heavy atom. The molecule has 0 radical (unpaired) electrons. The molecule has 0 saturated carbocycles. The predicted molar refractivity (Wildman–Crippen MR) is 74.2 cm³/mol. The Balaban J connectivity index is 2.14. The van der Waals surface area contributed by atoms with Crippen LogP contribution in [-0.2, 0) is 12.8 Å². The summed E-state index contributed by atoms with van der Waals surface area (Å²) in [4.78, 5) is 20.9. The lowest BCUT2D eigenvalue weighted by Gasteiger charge is -2.06. The molecule has 3 rings (SSSR count). The molecule has 4 heteroatoms. The number of H-pyrrole nitrogens is 1. The minimum atomic E-state index is 0.0599. The van der Waals surface area contributed by atoms with E-state index in [0.717, 1.165) is 47.6 Å². The molecule has 0 atom stereocenters. The number of thiophene rings is 1. The van der Waals surface area contributed by atoms with Gasteiger partial charge in [-0.1, -0.05) is 6.42 Å². The van der Waals surface area contributed by atoms with Crippen LogP contribution >= 0.6 is 11.3 Å². The number of aromatic nitrogens is 2. The summed E-state index contributed by atoms with van der Waals surface area (Å²) in [5.74, 6) is 0.744. The second kappa shape index (κ2) is 4.69. The number of rotatable bonds is 1. The molecular formula is C14H16N2OS. The van der Waals surface area contributed by atoms with Crippen LogP contribution in [0.4, 0.5) is 0 Å². The summed E-state index contributed by atoms with van der Waals surface area (Å²) in [6.45, 7) is 2.05. The summed E-state index contributed by atoms with van der Waals surface area (Å²) < 4.78 is 0. The van der Waals surface area contributed by atoms with Crippen molar-refractivity contribution in [2.75, 3.05) is 0 Å². The van der Waals surface area contributed by atoms with Gasteiger partial charge in [0.25, 0.3) is 5.56 Å². The van der Waals surface area contributed by atoms with Crippen molar-refractivity contribution in [2.45, 2.75) is 39.0 Å². The average Bonchev–Trinajstić information content (AvgIpc) is 2.63. The summed E-state index contributed by atoms with van der Waals surface area (Å²) in [6.07, 6.45) is 5.27. The van der Waals surface area contributed by atoms with Crippen molar-refractivity contribution in [1.82, 2.24) is 9.97 Å². The molecule has 94 valence electrons. The highest BCUT2D eigenvalue weighted by atomic mass is 32.1. The van der Waals surface area contributed by atoms with Crippen LogP contribution < -0.4 is 5.56 Å². The molecule has 2 heterocycles. The zero-order chi connectivity index (χ0) is 12.5. The largest absolute Gasteiger partial charge is 0.306 e. The third-order valence-corrected chi connectivity index (χ3v) is 4.54. The molecule has 0 amide bonds. The highest BCUT2D eigenvalue weighted by molar-refractivity contribution is 7.13. The fraction of sp³-hybridized carbons (Fsp3) is 0.429. The third kappa shape index (κ3) is 2.01. The van der Waals surface area contributed by atoms with Crippen molar-refractivity contribution in [3.8, 4) is 10.7 Å². The summed E-state index contributed by atoms with van der Waals surface area (Å²) in [7, 11) is 0. The predicted octanol–water partition coefficient (Wildman–Crippen LogP) is 3.08. The van der Waals surface area contributed by atoms with E-state index in [2.05, 4.69) is 18.0 Å². The molecule has 2 aromatic heterocycles. The first-order valence-electron chi connectivity index (χ1n) is 6.42. The van der Waals surface area contributed by atoms with E-state index < -0.39 is 0 Å². The van der Waals surface area contributed by atoms with Crippen LogP contribution in [0, 0.1) is 6.92 Å². The fourth-order valence-electron chi connectivity index (χ4n) is 2.50. The lowest BCUT2D eigenvalue weighted by atomic mass is 10.1. The highest BCUT2D eigenvalue weighted by Crippen LogP contribution is 2.26. The van der Waals surface area contributed by atoms with Gasteiger partial charge in [0.15, 0.2) is 5.82 Å². The van der Waals surface area contributed by atoms with Crippen molar-refractivity contribution in [2.24, 2.45) is 0 Å². The van der Waals surface area contributed by atoms with Gasteiger partial charge in [-0.05, 0) is 49.6 Å². The lowest BCUT2D eigenvalue weighted by molar-refractivity contribution is 0.708. The molecule has 0 saturated heterocycles. The Labute approximate surface area is 110 Å². The number of nitrogens with one attached hydrogen (secondary N) is 1. The second-order valence-corrected chi connectivity index (χ2v) is 5.75. The van der Waals surface area contributed by atoms with Crippen LogP contribution in [0.2, 0.25) is 0 Å². The van der Waals surface area contributed by atoms with Crippen LogP contribution in [-0.4, -0.2) is 9.97 Å². The zero-order valence-corrected chi connectivity index (χ0v) is 11.3. The van der Waals surface area contributed by atoms with Crippen molar-refractivity contribution in [3.05, 3.63) is 38.6 Å². The molecule has 18 heavy (non-hydrogen) atoms. The van der Waals surface area contributed by atoms with Crippen molar-refractivity contribution in [3.63, 3.8) is 0 Å². The number of nitrogens with zero attached hydrogens (tertiary/aromatic N) is 1. The van der Waals surface area contributed by atoms with E-state index in [1.54, 1.807) is 11.3 Å². The van der Waals surface area contributed by atoms with E-state index in [9.17, 15) is 4.79 Å². The van der Waals surface area contributed by atoms with Crippen LogP contribution in [0.1, 0.15) is 36.1 Å². The van der Waals surface area contributed by atoms with Gasteiger partial charge in [0.05, 0.1) is 10.6 Å². The van der Waals surface area contributed by atoms with Gasteiger partial charge in [-0.15, -0.1) is 11.3 Å². The summed E-state index contributed by atoms with van der Waals surface area (Å²) in [6, 6.07) is 2.06. The number of aromatic amines is 1. The molecule has 1 aliphatic rings. The van der Waals surface area contributed by atoms with E-state index in [1.165, 1.54) is 12.0 Å². The first-order chi connectivity index (χ1) is 8.75. The summed E-state index contributed by atoms with van der Waals surface area (Å²) in [5, 5.41) is 2.04. The van der Waals surface area contributed by atoms with Gasteiger partial charge in [-0.25, -0.2) is 4.98 Å². The smallest absolute Gasteiger partial charge is 0.254 e. The number of aryl methyl sites for hydroxylation is 2. The first-order valence-corrected chi connectivity index (χ1v) is 7.30. The van der Waals surface area contributed by atoms with Crippen LogP contribution in [0.3, 0.4) is 0 Å². The van der Waals surface area contributed by atoms with Gasteiger partial charge in [0.2, 0.25) is 0 Å². The van der Waals surface area contributed by atoms with E-state index >= 15 is 0 Å². The number of hydrogen-bond donors (Lipinski definition) is 1. The highest BCUT2D eigenvalue weighted by Gasteiger charge is 2.16. The molecular weight excluding hydrogens is 244 g/mol. The normalized spacial score (nSPS) is 15.2. The van der Waals surface area contributed by atoms with E-state index in [-0.39, 0.29) is 5.56 Å². The second-order valence-electron chi connectivity index (χ2n) is 4.83. The maximum Gasteiger partial charge on any atom is 0.254 e. The van der Waals surface area contributed by atoms with Crippen molar-refractivity contribution < 1.29 is 0 Å². The third-order valence-electron chi connectivity index (χ3n) is 3.52. The number of hydrogen-bond acceptors (Lipinski definition) is 3. The molecule has 2 aromatic rings. The van der Waals surface area contributed by atoms with Crippen LogP contribution in [0.15, 0.2) is 16.2 Å². The first kappa shape index (κ1) is 11.7. The van der Waals surface area contributed by atoms with Gasteiger partial charge < -0.3 is 4.98 Å². The summed E-state index contributed by atoms with van der Waals surface area (Å²) >= 11 is 1.63. The maximum absolute atomic E-state index is 12.2. The van der Waals surface area contributed by atoms with E-state index in [1.807, 2.05) is 5.38 Å². The Morgan fingerprint density at radius 1 is 1.28 bits per heavy atom. The maximum atomic E-state index is 12.2. The average molecular weight is 260 g/mol. The van der Waals surface area contributed by atoms with E-state index in [4.69, 9.17) is 4.98 Å². The molecule has 0 unspecified atom stereocenters. The summed E-state index contributed by atoms with van der Waals surface area (Å²) in [5.41, 5.74) is 3.16. The Morgan fingerprint density at radius 3 is 2.89 bits per heavy atom. The lowest BCUT2D eigenvalue weighted by Crippen LogP contribution is -2.18. The van der Waals surface area contributed by atoms with Crippen LogP contribution in [0.5, 0.6) is 0 Å². The van der Waals surface area contributed by atoms with E-state index in [0.29, 0.717) is 0 Å². The Hall–Kier alpha value is -1.42. The number of fused-ring (bicyclic) bond motifs is 1. The van der Waals surface area contributed by atoms with Crippen LogP contribution in [0.25, 0.3) is 10.7 Å². The molecule has 0 spiro atoms. The van der Waals surface area contributed by atoms with Crippen molar-refractivity contribution in [1.29, 1.82) is 0 Å². The minimum absolute atomic E-state index is 0.0599. The van der Waals surface area contributed by atoms with Gasteiger partial charge in [-0.3, -0.25) is 4.79 Å². The van der Waals surface area contributed by atoms with Gasteiger partial charge in [-0.2, -0.15) is 0 Å². The molecule has 0 fully saturated rings. The molecule has 0 aromatic carbocycles. The Kier molecular flexibility index (Phi) is 3.04. The SMILES string of the molecule is Cc1ccsc1-c1nc2c(c(=O)[nH]1)CCCCC2. The molecule has 3 nitrogen and oxygen atoms in total. The minimum Gasteiger partial charge on any atom is -0.306 e. The van der Waals surface area contributed by atoms with Gasteiger partial charge in [0.1, 0.15) is 0 Å².